The van der Waals surface area contributed by atoms with E-state index in [4.69, 9.17) is 15.6 Å². The number of carbonyl (C=O) groups is 2. The first-order valence-corrected chi connectivity index (χ1v) is 5.19. The lowest BCUT2D eigenvalue weighted by Crippen LogP contribution is -2.22. The highest BCUT2D eigenvalue weighted by Gasteiger charge is 2.11. The molecule has 0 unspecified atom stereocenters. The van der Waals surface area contributed by atoms with E-state index in [0.717, 1.165) is 0 Å². The Kier molecular flexibility index (Phi) is 4.89. The van der Waals surface area contributed by atoms with Crippen molar-refractivity contribution in [3.8, 4) is 5.75 Å². The summed E-state index contributed by atoms with van der Waals surface area (Å²) in [4.78, 5) is 22.0. The van der Waals surface area contributed by atoms with E-state index in [1.54, 1.807) is 0 Å². The second-order valence-electron chi connectivity index (χ2n) is 3.37. The number of rotatable bonds is 6. The van der Waals surface area contributed by atoms with Gasteiger partial charge in [-0.25, -0.2) is 4.79 Å². The summed E-state index contributed by atoms with van der Waals surface area (Å²) in [6, 6.07) is 4.16. The largest absolute Gasteiger partial charge is 0.487 e. The molecular weight excluding hydrogens is 236 g/mol. The number of anilines is 1. The van der Waals surface area contributed by atoms with Crippen LogP contribution in [0.4, 0.5) is 5.69 Å². The van der Waals surface area contributed by atoms with Crippen molar-refractivity contribution in [1.82, 2.24) is 0 Å². The van der Waals surface area contributed by atoms with Gasteiger partial charge in [-0.05, 0) is 18.2 Å². The Balaban J connectivity index is 3.03. The van der Waals surface area contributed by atoms with Gasteiger partial charge in [-0.15, -0.1) is 0 Å². The number of hydrogen-bond donors (Lipinski definition) is 3. The van der Waals surface area contributed by atoms with E-state index in [2.05, 4.69) is 11.9 Å². The molecule has 0 fully saturated rings. The zero-order chi connectivity index (χ0) is 13.5. The van der Waals surface area contributed by atoms with E-state index in [0.29, 0.717) is 5.69 Å². The third-order valence-electron chi connectivity index (χ3n) is 2.04. The number of aromatic carboxylic acids is 1. The quantitative estimate of drug-likeness (QED) is 0.649. The van der Waals surface area contributed by atoms with Gasteiger partial charge < -0.3 is 20.9 Å². The van der Waals surface area contributed by atoms with Gasteiger partial charge in [0.05, 0.1) is 17.8 Å². The SMILES string of the molecule is C=CCOc1cc(C(=O)O)ccc1NC(=O)CN. The Labute approximate surface area is 104 Å². The Morgan fingerprint density at radius 1 is 1.50 bits per heavy atom. The van der Waals surface area contributed by atoms with E-state index >= 15 is 0 Å². The molecule has 96 valence electrons. The Morgan fingerprint density at radius 2 is 2.22 bits per heavy atom. The minimum absolute atomic E-state index is 0.0693. The van der Waals surface area contributed by atoms with Gasteiger partial charge in [-0.3, -0.25) is 4.79 Å². The number of carbonyl (C=O) groups excluding carboxylic acids is 1. The molecule has 0 atom stereocenters. The fourth-order valence-corrected chi connectivity index (χ4v) is 1.23. The van der Waals surface area contributed by atoms with Crippen LogP contribution in [0.25, 0.3) is 0 Å². The van der Waals surface area contributed by atoms with Crippen LogP contribution >= 0.6 is 0 Å². The molecule has 1 aromatic carbocycles. The number of nitrogens with two attached hydrogens (primary N) is 1. The number of ether oxygens (including phenoxy) is 1. The van der Waals surface area contributed by atoms with Crippen LogP contribution in [0.15, 0.2) is 30.9 Å². The number of benzene rings is 1. The fraction of sp³-hybridized carbons (Fsp3) is 0.167. The van der Waals surface area contributed by atoms with Gasteiger partial charge in [0.1, 0.15) is 12.4 Å². The van der Waals surface area contributed by atoms with Crippen LogP contribution < -0.4 is 15.8 Å². The molecule has 0 bridgehead atoms. The summed E-state index contributed by atoms with van der Waals surface area (Å²) in [7, 11) is 0. The number of amides is 1. The van der Waals surface area contributed by atoms with Crippen LogP contribution in [0, 0.1) is 0 Å². The number of nitrogens with one attached hydrogen (secondary N) is 1. The van der Waals surface area contributed by atoms with Crippen molar-refractivity contribution in [3.05, 3.63) is 36.4 Å². The van der Waals surface area contributed by atoms with Crippen LogP contribution in [-0.2, 0) is 4.79 Å². The van der Waals surface area contributed by atoms with E-state index in [9.17, 15) is 9.59 Å². The summed E-state index contributed by atoms with van der Waals surface area (Å²) in [5, 5.41) is 11.4. The molecule has 6 nitrogen and oxygen atoms in total. The Bertz CT molecular complexity index is 471. The minimum Gasteiger partial charge on any atom is -0.487 e. The molecule has 18 heavy (non-hydrogen) atoms. The van der Waals surface area contributed by atoms with Gasteiger partial charge in [-0.1, -0.05) is 12.7 Å². The van der Waals surface area contributed by atoms with Gasteiger partial charge in [-0.2, -0.15) is 0 Å². The molecule has 1 amide bonds. The van der Waals surface area contributed by atoms with Gasteiger partial charge in [0.2, 0.25) is 5.91 Å². The van der Waals surface area contributed by atoms with Gasteiger partial charge in [0.25, 0.3) is 0 Å². The lowest BCUT2D eigenvalue weighted by Gasteiger charge is -2.11. The monoisotopic (exact) mass is 250 g/mol. The second-order valence-corrected chi connectivity index (χ2v) is 3.37. The van der Waals surface area contributed by atoms with Crippen LogP contribution in [0.5, 0.6) is 5.75 Å². The van der Waals surface area contributed by atoms with Gasteiger partial charge in [0.15, 0.2) is 0 Å². The lowest BCUT2D eigenvalue weighted by molar-refractivity contribution is -0.114. The fourth-order valence-electron chi connectivity index (χ4n) is 1.23. The predicted molar refractivity (Wildman–Crippen MR) is 66.8 cm³/mol. The molecule has 0 aliphatic rings. The first-order valence-electron chi connectivity index (χ1n) is 5.19. The zero-order valence-electron chi connectivity index (χ0n) is 9.68. The molecule has 4 N–H and O–H groups in total. The van der Waals surface area contributed by atoms with E-state index in [1.165, 1.54) is 24.3 Å². The topological polar surface area (TPSA) is 102 Å². The molecule has 0 radical (unpaired) electrons. The summed E-state index contributed by atoms with van der Waals surface area (Å²) in [5.41, 5.74) is 5.63. The smallest absolute Gasteiger partial charge is 0.335 e. The summed E-state index contributed by atoms with van der Waals surface area (Å²) < 4.78 is 5.29. The average Bonchev–Trinajstić information content (AvgIpc) is 2.37. The maximum Gasteiger partial charge on any atom is 0.335 e. The second kappa shape index (κ2) is 6.41. The molecule has 0 aliphatic heterocycles. The Hall–Kier alpha value is -2.34. The lowest BCUT2D eigenvalue weighted by atomic mass is 10.2. The zero-order valence-corrected chi connectivity index (χ0v) is 9.68. The van der Waals surface area contributed by atoms with E-state index in [1.807, 2.05) is 0 Å². The molecule has 1 rings (SSSR count). The highest BCUT2D eigenvalue weighted by molar-refractivity contribution is 5.95. The average molecular weight is 250 g/mol. The molecule has 0 spiro atoms. The van der Waals surface area contributed by atoms with Crippen LogP contribution in [-0.4, -0.2) is 30.1 Å². The maximum absolute atomic E-state index is 11.2. The van der Waals surface area contributed by atoms with E-state index < -0.39 is 5.97 Å². The van der Waals surface area contributed by atoms with Crippen molar-refractivity contribution in [1.29, 1.82) is 0 Å². The van der Waals surface area contributed by atoms with Crippen LogP contribution in [0.2, 0.25) is 0 Å². The number of carboxylic acids is 1. The van der Waals surface area contributed by atoms with Crippen molar-refractivity contribution in [2.24, 2.45) is 5.73 Å². The van der Waals surface area contributed by atoms with Crippen molar-refractivity contribution < 1.29 is 19.4 Å². The van der Waals surface area contributed by atoms with Crippen molar-refractivity contribution >= 4 is 17.6 Å². The summed E-state index contributed by atoms with van der Waals surface area (Å²) in [6.07, 6.45) is 1.52. The van der Waals surface area contributed by atoms with Gasteiger partial charge in [0, 0.05) is 0 Å². The number of carboxylic acid groups (broad SMARTS) is 1. The van der Waals surface area contributed by atoms with Crippen molar-refractivity contribution in [3.63, 3.8) is 0 Å². The highest BCUT2D eigenvalue weighted by atomic mass is 16.5. The van der Waals surface area contributed by atoms with Crippen LogP contribution in [0.1, 0.15) is 10.4 Å². The normalized spacial score (nSPS) is 9.61. The standard InChI is InChI=1S/C12H14N2O4/c1-2-5-18-10-6-8(12(16)17)3-4-9(10)14-11(15)7-13/h2-4,6H,1,5,7,13H2,(H,14,15)(H,16,17). The minimum atomic E-state index is -1.07. The highest BCUT2D eigenvalue weighted by Crippen LogP contribution is 2.26. The molecule has 0 saturated carbocycles. The molecule has 0 saturated heterocycles. The third kappa shape index (κ3) is 3.60. The van der Waals surface area contributed by atoms with Crippen molar-refractivity contribution in [2.75, 3.05) is 18.5 Å². The molecular formula is C12H14N2O4. The molecule has 0 aromatic heterocycles. The summed E-state index contributed by atoms with van der Waals surface area (Å²) in [6.45, 7) is 3.53. The summed E-state index contributed by atoms with van der Waals surface area (Å²) >= 11 is 0. The maximum atomic E-state index is 11.2. The third-order valence-corrected chi connectivity index (χ3v) is 2.04. The van der Waals surface area contributed by atoms with Crippen LogP contribution in [0.3, 0.4) is 0 Å². The molecule has 0 heterocycles. The first-order chi connectivity index (χ1) is 8.58. The molecule has 0 aliphatic carbocycles. The number of hydrogen-bond acceptors (Lipinski definition) is 4. The first kappa shape index (κ1) is 13.7. The Morgan fingerprint density at radius 3 is 2.78 bits per heavy atom. The van der Waals surface area contributed by atoms with E-state index in [-0.39, 0.29) is 30.4 Å². The predicted octanol–water partition coefficient (Wildman–Crippen LogP) is 0.847. The summed E-state index contributed by atoms with van der Waals surface area (Å²) in [5.74, 6) is -1.20. The molecule has 6 heteroatoms. The van der Waals surface area contributed by atoms with Crippen molar-refractivity contribution in [2.45, 2.75) is 0 Å². The van der Waals surface area contributed by atoms with Gasteiger partial charge >= 0.3 is 5.97 Å². The molecule has 1 aromatic rings.